The van der Waals surface area contributed by atoms with Crippen LogP contribution in [-0.2, 0) is 0 Å². The average Bonchev–Trinajstić information content (AvgIpc) is 2.68. The van der Waals surface area contributed by atoms with Gasteiger partial charge in [-0.3, -0.25) is 4.90 Å². The Morgan fingerprint density at radius 1 is 1.04 bits per heavy atom. The summed E-state index contributed by atoms with van der Waals surface area (Å²) < 4.78 is 5.69. The zero-order valence-electron chi connectivity index (χ0n) is 16.1. The van der Waals surface area contributed by atoms with E-state index in [0.29, 0.717) is 12.4 Å². The number of carboxylic acid groups (broad SMARTS) is 1. The van der Waals surface area contributed by atoms with Gasteiger partial charge >= 0.3 is 5.97 Å². The number of benzene rings is 2. The highest BCUT2D eigenvalue weighted by Gasteiger charge is 2.18. The van der Waals surface area contributed by atoms with Crippen molar-refractivity contribution in [1.29, 1.82) is 0 Å². The molecule has 144 valence electrons. The number of carbonyl (C=O) groups is 1. The third kappa shape index (κ3) is 4.80. The van der Waals surface area contributed by atoms with Gasteiger partial charge in [0.2, 0.25) is 0 Å². The van der Waals surface area contributed by atoms with Crippen molar-refractivity contribution in [2.75, 3.05) is 44.2 Å². The van der Waals surface area contributed by atoms with E-state index in [0.717, 1.165) is 39.1 Å². The summed E-state index contributed by atoms with van der Waals surface area (Å²) in [4.78, 5) is 16.1. The third-order valence-electron chi connectivity index (χ3n) is 5.28. The van der Waals surface area contributed by atoms with Crippen LogP contribution in [0.15, 0.2) is 42.5 Å². The number of hydrogen-bond acceptors (Lipinski definition) is 4. The standard InChI is InChI=1S/C22H28N2O3/c1-17-7-5-9-20(18(17)2)24-14-12-23(13-15-24)11-6-16-27-21-10-4-3-8-19(21)22(25)26/h3-5,7-10H,6,11-16H2,1-2H3,(H,25,26). The summed E-state index contributed by atoms with van der Waals surface area (Å²) in [7, 11) is 0. The van der Waals surface area contributed by atoms with Crippen molar-refractivity contribution in [3.8, 4) is 5.75 Å². The van der Waals surface area contributed by atoms with E-state index >= 15 is 0 Å². The lowest BCUT2D eigenvalue weighted by molar-refractivity contribution is 0.0692. The predicted octanol–water partition coefficient (Wildman–Crippen LogP) is 3.59. The van der Waals surface area contributed by atoms with E-state index in [9.17, 15) is 9.90 Å². The van der Waals surface area contributed by atoms with Gasteiger partial charge in [0.25, 0.3) is 0 Å². The van der Waals surface area contributed by atoms with Crippen LogP contribution in [0.4, 0.5) is 5.69 Å². The van der Waals surface area contributed by atoms with Crippen LogP contribution >= 0.6 is 0 Å². The van der Waals surface area contributed by atoms with Gasteiger partial charge in [-0.25, -0.2) is 4.79 Å². The monoisotopic (exact) mass is 368 g/mol. The van der Waals surface area contributed by atoms with Crippen LogP contribution in [0.5, 0.6) is 5.75 Å². The molecule has 0 spiro atoms. The smallest absolute Gasteiger partial charge is 0.339 e. The van der Waals surface area contributed by atoms with E-state index in [2.05, 4.69) is 41.8 Å². The molecule has 0 bridgehead atoms. The van der Waals surface area contributed by atoms with Crippen molar-refractivity contribution < 1.29 is 14.6 Å². The quantitative estimate of drug-likeness (QED) is 0.757. The molecule has 5 heteroatoms. The van der Waals surface area contributed by atoms with Gasteiger partial charge in [0.15, 0.2) is 0 Å². The number of aromatic carboxylic acids is 1. The number of piperazine rings is 1. The zero-order chi connectivity index (χ0) is 19.2. The normalized spacial score (nSPS) is 15.0. The SMILES string of the molecule is Cc1cccc(N2CCN(CCCOc3ccccc3C(=O)O)CC2)c1C. The Balaban J connectivity index is 1.43. The molecule has 0 unspecified atom stereocenters. The van der Waals surface area contributed by atoms with Crippen LogP contribution in [0, 0.1) is 13.8 Å². The Bertz CT molecular complexity index is 783. The number of aryl methyl sites for hydroxylation is 1. The molecule has 1 N–H and O–H groups in total. The molecule has 0 atom stereocenters. The molecule has 1 saturated heterocycles. The minimum absolute atomic E-state index is 0.222. The minimum atomic E-state index is -0.951. The molecule has 3 rings (SSSR count). The van der Waals surface area contributed by atoms with Crippen molar-refractivity contribution in [2.24, 2.45) is 0 Å². The van der Waals surface area contributed by atoms with E-state index in [1.54, 1.807) is 24.3 Å². The van der Waals surface area contributed by atoms with E-state index in [1.807, 2.05) is 0 Å². The summed E-state index contributed by atoms with van der Waals surface area (Å²) in [5.74, 6) is -0.502. The number of anilines is 1. The van der Waals surface area contributed by atoms with Gasteiger partial charge in [-0.05, 0) is 49.6 Å². The second-order valence-electron chi connectivity index (χ2n) is 7.05. The van der Waals surface area contributed by atoms with Gasteiger partial charge in [-0.1, -0.05) is 24.3 Å². The number of para-hydroxylation sites is 1. The van der Waals surface area contributed by atoms with Gasteiger partial charge < -0.3 is 14.7 Å². The maximum absolute atomic E-state index is 11.2. The molecule has 1 aliphatic heterocycles. The lowest BCUT2D eigenvalue weighted by atomic mass is 10.1. The van der Waals surface area contributed by atoms with Crippen LogP contribution in [0.2, 0.25) is 0 Å². The average molecular weight is 368 g/mol. The molecule has 5 nitrogen and oxygen atoms in total. The minimum Gasteiger partial charge on any atom is -0.493 e. The first-order chi connectivity index (χ1) is 13.1. The van der Waals surface area contributed by atoms with Crippen molar-refractivity contribution >= 4 is 11.7 Å². The van der Waals surface area contributed by atoms with Crippen molar-refractivity contribution in [3.05, 3.63) is 59.2 Å². The highest BCUT2D eigenvalue weighted by Crippen LogP contribution is 2.24. The summed E-state index contributed by atoms with van der Waals surface area (Å²) in [5.41, 5.74) is 4.29. The van der Waals surface area contributed by atoms with Crippen LogP contribution in [0.25, 0.3) is 0 Å². The first kappa shape index (κ1) is 19.2. The second kappa shape index (κ2) is 8.91. The molecule has 2 aromatic rings. The summed E-state index contributed by atoms with van der Waals surface area (Å²) in [6, 6.07) is 13.3. The predicted molar refractivity (Wildman–Crippen MR) is 108 cm³/mol. The van der Waals surface area contributed by atoms with Gasteiger partial charge in [-0.15, -0.1) is 0 Å². The summed E-state index contributed by atoms with van der Waals surface area (Å²) in [6.07, 6.45) is 0.886. The Hall–Kier alpha value is -2.53. The summed E-state index contributed by atoms with van der Waals surface area (Å²) in [6.45, 7) is 10.0. The molecule has 2 aromatic carbocycles. The molecule has 1 heterocycles. The Kier molecular flexibility index (Phi) is 6.35. The molecule has 1 fully saturated rings. The number of ether oxygens (including phenoxy) is 1. The van der Waals surface area contributed by atoms with E-state index < -0.39 is 5.97 Å². The summed E-state index contributed by atoms with van der Waals surface area (Å²) in [5, 5.41) is 9.19. The number of nitrogens with zero attached hydrogens (tertiary/aromatic N) is 2. The Morgan fingerprint density at radius 3 is 2.52 bits per heavy atom. The number of rotatable bonds is 7. The Morgan fingerprint density at radius 2 is 1.78 bits per heavy atom. The van der Waals surface area contributed by atoms with E-state index in [-0.39, 0.29) is 5.56 Å². The first-order valence-corrected chi connectivity index (χ1v) is 9.55. The van der Waals surface area contributed by atoms with Gasteiger partial charge in [0.1, 0.15) is 11.3 Å². The maximum atomic E-state index is 11.2. The van der Waals surface area contributed by atoms with Crippen molar-refractivity contribution in [3.63, 3.8) is 0 Å². The molecular weight excluding hydrogens is 340 g/mol. The topological polar surface area (TPSA) is 53.0 Å². The summed E-state index contributed by atoms with van der Waals surface area (Å²) >= 11 is 0. The number of hydrogen-bond donors (Lipinski definition) is 1. The van der Waals surface area contributed by atoms with Crippen LogP contribution in [0.1, 0.15) is 27.9 Å². The van der Waals surface area contributed by atoms with Gasteiger partial charge in [0, 0.05) is 38.4 Å². The van der Waals surface area contributed by atoms with Crippen LogP contribution in [-0.4, -0.2) is 55.3 Å². The molecule has 0 radical (unpaired) electrons. The molecule has 0 aliphatic carbocycles. The fraction of sp³-hybridized carbons (Fsp3) is 0.409. The van der Waals surface area contributed by atoms with Crippen LogP contribution < -0.4 is 9.64 Å². The Labute approximate surface area is 161 Å². The molecule has 0 saturated carbocycles. The third-order valence-corrected chi connectivity index (χ3v) is 5.28. The van der Waals surface area contributed by atoms with Crippen molar-refractivity contribution in [2.45, 2.75) is 20.3 Å². The molecule has 27 heavy (non-hydrogen) atoms. The van der Waals surface area contributed by atoms with E-state index in [4.69, 9.17) is 4.74 Å². The fourth-order valence-electron chi connectivity index (χ4n) is 3.53. The zero-order valence-corrected chi connectivity index (χ0v) is 16.1. The first-order valence-electron chi connectivity index (χ1n) is 9.55. The van der Waals surface area contributed by atoms with Gasteiger partial charge in [-0.2, -0.15) is 0 Å². The lowest BCUT2D eigenvalue weighted by Crippen LogP contribution is -2.47. The molecular formula is C22H28N2O3. The molecule has 0 aromatic heterocycles. The largest absolute Gasteiger partial charge is 0.493 e. The fourth-order valence-corrected chi connectivity index (χ4v) is 3.53. The molecule has 1 aliphatic rings. The highest BCUT2D eigenvalue weighted by atomic mass is 16.5. The van der Waals surface area contributed by atoms with Crippen molar-refractivity contribution in [1.82, 2.24) is 4.90 Å². The highest BCUT2D eigenvalue weighted by molar-refractivity contribution is 5.90. The second-order valence-corrected chi connectivity index (χ2v) is 7.05. The number of carboxylic acids is 1. The molecule has 0 amide bonds. The van der Waals surface area contributed by atoms with E-state index in [1.165, 1.54) is 16.8 Å². The maximum Gasteiger partial charge on any atom is 0.339 e. The van der Waals surface area contributed by atoms with Crippen LogP contribution in [0.3, 0.4) is 0 Å². The van der Waals surface area contributed by atoms with Gasteiger partial charge in [0.05, 0.1) is 6.61 Å². The lowest BCUT2D eigenvalue weighted by Gasteiger charge is -2.37.